The Morgan fingerprint density at radius 2 is 2.12 bits per heavy atom. The average Bonchev–Trinajstić information content (AvgIpc) is 2.86. The van der Waals surface area contributed by atoms with Crippen molar-refractivity contribution in [2.45, 2.75) is 19.4 Å². The number of alkyl halides is 3. The number of carbonyl (C=O) groups is 2. The van der Waals surface area contributed by atoms with Gasteiger partial charge in [-0.1, -0.05) is 22.5 Å². The molecule has 0 fully saturated rings. The van der Waals surface area contributed by atoms with Crippen LogP contribution in [0.1, 0.15) is 21.5 Å². The standard InChI is InChI=1S/C14H10BrF3O6/c1-6(15)3-22-9-2-7(4-24-13(21)14(16,17)18)11(19)10-8(9)5-23-12(10)20/h2,19H,1,3-5H2. The largest absolute Gasteiger partial charge is 0.507 e. The first kappa shape index (κ1) is 18.1. The van der Waals surface area contributed by atoms with Crippen LogP contribution < -0.4 is 4.74 Å². The van der Waals surface area contributed by atoms with Crippen LogP contribution in [0, 0.1) is 0 Å². The van der Waals surface area contributed by atoms with Gasteiger partial charge in [0.05, 0.1) is 0 Å². The van der Waals surface area contributed by atoms with Crippen molar-refractivity contribution in [3.05, 3.63) is 33.8 Å². The predicted molar refractivity (Wildman–Crippen MR) is 76.6 cm³/mol. The van der Waals surface area contributed by atoms with Gasteiger partial charge in [-0.3, -0.25) is 0 Å². The van der Waals surface area contributed by atoms with Gasteiger partial charge in [0.15, 0.2) is 0 Å². The Balaban J connectivity index is 2.32. The fourth-order valence-corrected chi connectivity index (χ4v) is 2.05. The molecule has 2 rings (SSSR count). The summed E-state index contributed by atoms with van der Waals surface area (Å²) < 4.78 is 51.2. The molecule has 1 aromatic carbocycles. The number of rotatable bonds is 5. The molecule has 0 saturated carbocycles. The van der Waals surface area contributed by atoms with Crippen LogP contribution in [0.2, 0.25) is 0 Å². The van der Waals surface area contributed by atoms with E-state index in [0.29, 0.717) is 4.48 Å². The van der Waals surface area contributed by atoms with Crippen LogP contribution in [0.15, 0.2) is 17.1 Å². The number of halogens is 4. The van der Waals surface area contributed by atoms with E-state index in [1.807, 2.05) is 0 Å². The minimum Gasteiger partial charge on any atom is -0.507 e. The number of hydrogen-bond acceptors (Lipinski definition) is 6. The number of esters is 2. The van der Waals surface area contributed by atoms with Gasteiger partial charge in [-0.2, -0.15) is 13.2 Å². The predicted octanol–water partition coefficient (Wildman–Crippen LogP) is 2.96. The zero-order chi connectivity index (χ0) is 18.1. The lowest BCUT2D eigenvalue weighted by molar-refractivity contribution is -0.201. The second kappa shape index (κ2) is 6.71. The van der Waals surface area contributed by atoms with Crippen molar-refractivity contribution in [1.29, 1.82) is 0 Å². The van der Waals surface area contributed by atoms with Crippen LogP contribution in [0.4, 0.5) is 13.2 Å². The molecule has 1 aliphatic heterocycles. The molecule has 1 heterocycles. The highest BCUT2D eigenvalue weighted by atomic mass is 79.9. The van der Waals surface area contributed by atoms with Crippen molar-refractivity contribution in [1.82, 2.24) is 0 Å². The lowest BCUT2D eigenvalue weighted by Crippen LogP contribution is -2.25. The molecule has 0 unspecified atom stereocenters. The van der Waals surface area contributed by atoms with Gasteiger partial charge in [0.2, 0.25) is 0 Å². The Hall–Kier alpha value is -2.23. The van der Waals surface area contributed by atoms with Gasteiger partial charge in [0.25, 0.3) is 0 Å². The van der Waals surface area contributed by atoms with E-state index >= 15 is 0 Å². The number of hydrogen-bond donors (Lipinski definition) is 1. The molecule has 0 saturated heterocycles. The zero-order valence-corrected chi connectivity index (χ0v) is 13.5. The normalized spacial score (nSPS) is 13.2. The van der Waals surface area contributed by atoms with Crippen LogP contribution in [-0.4, -0.2) is 29.8 Å². The Kier molecular flexibility index (Phi) is 5.07. The van der Waals surface area contributed by atoms with Crippen molar-refractivity contribution >= 4 is 27.9 Å². The molecule has 0 atom stereocenters. The first-order valence-corrected chi connectivity index (χ1v) is 7.15. The maximum Gasteiger partial charge on any atom is 0.490 e. The summed E-state index contributed by atoms with van der Waals surface area (Å²) in [6.07, 6.45) is -5.17. The van der Waals surface area contributed by atoms with E-state index in [0.717, 1.165) is 0 Å². The highest BCUT2D eigenvalue weighted by Crippen LogP contribution is 2.39. The quantitative estimate of drug-likeness (QED) is 0.751. The third-order valence-corrected chi connectivity index (χ3v) is 3.20. The Bertz CT molecular complexity index is 713. The summed E-state index contributed by atoms with van der Waals surface area (Å²) in [7, 11) is 0. The summed E-state index contributed by atoms with van der Waals surface area (Å²) in [5.74, 6) is -3.78. The van der Waals surface area contributed by atoms with E-state index < -0.39 is 30.5 Å². The molecule has 130 valence electrons. The molecule has 0 radical (unpaired) electrons. The lowest BCUT2D eigenvalue weighted by atomic mass is 10.0. The molecule has 0 spiro atoms. The minimum atomic E-state index is -5.17. The van der Waals surface area contributed by atoms with Crippen molar-refractivity contribution in [2.24, 2.45) is 0 Å². The summed E-state index contributed by atoms with van der Waals surface area (Å²) in [4.78, 5) is 22.5. The van der Waals surface area contributed by atoms with E-state index in [9.17, 15) is 27.9 Å². The smallest absolute Gasteiger partial charge is 0.490 e. The second-order valence-electron chi connectivity index (χ2n) is 4.69. The summed E-state index contributed by atoms with van der Waals surface area (Å²) in [6.45, 7) is 2.51. The van der Waals surface area contributed by atoms with Crippen molar-refractivity contribution < 1.29 is 42.1 Å². The van der Waals surface area contributed by atoms with Gasteiger partial charge < -0.3 is 19.3 Å². The van der Waals surface area contributed by atoms with Gasteiger partial charge in [-0.25, -0.2) is 9.59 Å². The van der Waals surface area contributed by atoms with Gasteiger partial charge in [-0.15, -0.1) is 0 Å². The number of benzene rings is 1. The second-order valence-corrected chi connectivity index (χ2v) is 5.81. The maximum absolute atomic E-state index is 12.2. The summed E-state index contributed by atoms with van der Waals surface area (Å²) in [5, 5.41) is 10.0. The fraction of sp³-hybridized carbons (Fsp3) is 0.286. The topological polar surface area (TPSA) is 82.1 Å². The first-order valence-electron chi connectivity index (χ1n) is 6.36. The van der Waals surface area contributed by atoms with Crippen molar-refractivity contribution in [3.8, 4) is 11.5 Å². The van der Waals surface area contributed by atoms with E-state index in [1.54, 1.807) is 0 Å². The summed E-state index contributed by atoms with van der Waals surface area (Å²) in [6, 6.07) is 1.18. The molecule has 24 heavy (non-hydrogen) atoms. The maximum atomic E-state index is 12.2. The molecule has 6 nitrogen and oxygen atoms in total. The number of phenolic OH excluding ortho intramolecular Hbond substituents is 1. The van der Waals surface area contributed by atoms with Gasteiger partial charge >= 0.3 is 18.1 Å². The van der Waals surface area contributed by atoms with Crippen molar-refractivity contribution in [2.75, 3.05) is 6.61 Å². The first-order chi connectivity index (χ1) is 11.1. The van der Waals surface area contributed by atoms with Gasteiger partial charge in [0, 0.05) is 15.6 Å². The monoisotopic (exact) mass is 410 g/mol. The molecule has 1 aromatic rings. The third-order valence-electron chi connectivity index (χ3n) is 2.97. The SMILES string of the molecule is C=C(Br)COc1cc(COC(=O)C(F)(F)F)c(O)c2c1COC2=O. The number of ether oxygens (including phenoxy) is 3. The van der Waals surface area contributed by atoms with Gasteiger partial charge in [-0.05, 0) is 6.07 Å². The Morgan fingerprint density at radius 3 is 2.71 bits per heavy atom. The van der Waals surface area contributed by atoms with Gasteiger partial charge in [0.1, 0.15) is 36.9 Å². The van der Waals surface area contributed by atoms with Crippen LogP contribution in [0.25, 0.3) is 0 Å². The van der Waals surface area contributed by atoms with E-state index in [-0.39, 0.29) is 35.7 Å². The third kappa shape index (κ3) is 3.81. The van der Waals surface area contributed by atoms with Crippen LogP contribution in [0.3, 0.4) is 0 Å². The molecule has 0 aliphatic carbocycles. The average molecular weight is 411 g/mol. The van der Waals surface area contributed by atoms with E-state index in [4.69, 9.17) is 9.47 Å². The number of fused-ring (bicyclic) bond motifs is 1. The number of phenols is 1. The molecule has 0 bridgehead atoms. The molecule has 0 aromatic heterocycles. The molecule has 10 heteroatoms. The Morgan fingerprint density at radius 1 is 1.46 bits per heavy atom. The number of aromatic hydroxyl groups is 1. The van der Waals surface area contributed by atoms with Crippen LogP contribution in [-0.2, 0) is 27.5 Å². The van der Waals surface area contributed by atoms with Crippen molar-refractivity contribution in [3.63, 3.8) is 0 Å². The molecule has 0 amide bonds. The zero-order valence-electron chi connectivity index (χ0n) is 11.9. The van der Waals surface area contributed by atoms with Crippen LogP contribution in [0.5, 0.6) is 11.5 Å². The molecular formula is C14H10BrF3O6. The summed E-state index contributed by atoms with van der Waals surface area (Å²) >= 11 is 3.07. The number of carbonyl (C=O) groups excluding carboxylic acids is 2. The summed E-state index contributed by atoms with van der Waals surface area (Å²) in [5.41, 5.74) is -0.205. The fourth-order valence-electron chi connectivity index (χ4n) is 1.93. The highest BCUT2D eigenvalue weighted by molar-refractivity contribution is 9.11. The number of cyclic esters (lactones) is 1. The van der Waals surface area contributed by atoms with Crippen LogP contribution >= 0.6 is 15.9 Å². The highest BCUT2D eigenvalue weighted by Gasteiger charge is 2.41. The van der Waals surface area contributed by atoms with E-state index in [1.165, 1.54) is 6.07 Å². The molecule has 1 aliphatic rings. The minimum absolute atomic E-state index is 0.00713. The molecule has 1 N–H and O–H groups in total. The Labute approximate surface area is 141 Å². The lowest BCUT2D eigenvalue weighted by Gasteiger charge is -2.14. The molecular weight excluding hydrogens is 401 g/mol. The van der Waals surface area contributed by atoms with E-state index in [2.05, 4.69) is 27.2 Å².